The van der Waals surface area contributed by atoms with Crippen LogP contribution in [-0.4, -0.2) is 37.1 Å². The minimum atomic E-state index is 0.822. The summed E-state index contributed by atoms with van der Waals surface area (Å²) in [5, 5.41) is 3.48. The summed E-state index contributed by atoms with van der Waals surface area (Å²) in [6.45, 7) is 5.25. The van der Waals surface area contributed by atoms with Crippen LogP contribution >= 0.6 is 0 Å². The Hall–Kier alpha value is -0.0800. The summed E-state index contributed by atoms with van der Waals surface area (Å²) in [5.41, 5.74) is 0.822. The molecule has 0 aromatic rings. The van der Waals surface area contributed by atoms with E-state index < -0.39 is 0 Å². The molecular formula is C12H22N2. The van der Waals surface area contributed by atoms with Crippen molar-refractivity contribution in [1.29, 1.82) is 0 Å². The van der Waals surface area contributed by atoms with Crippen molar-refractivity contribution < 1.29 is 0 Å². The van der Waals surface area contributed by atoms with Gasteiger partial charge in [-0.3, -0.25) is 4.90 Å². The van der Waals surface area contributed by atoms with Crippen molar-refractivity contribution in [3.8, 4) is 0 Å². The second-order valence-corrected chi connectivity index (χ2v) is 5.54. The van der Waals surface area contributed by atoms with Gasteiger partial charge in [-0.2, -0.15) is 0 Å². The van der Waals surface area contributed by atoms with Crippen molar-refractivity contribution in [2.24, 2.45) is 5.41 Å². The van der Waals surface area contributed by atoms with Crippen LogP contribution in [0, 0.1) is 5.41 Å². The first-order valence-corrected chi connectivity index (χ1v) is 6.33. The van der Waals surface area contributed by atoms with Gasteiger partial charge in [0.05, 0.1) is 0 Å². The first-order valence-electron chi connectivity index (χ1n) is 6.33. The Morgan fingerprint density at radius 1 is 1.07 bits per heavy atom. The van der Waals surface area contributed by atoms with Gasteiger partial charge < -0.3 is 5.32 Å². The molecule has 0 aromatic carbocycles. The van der Waals surface area contributed by atoms with Crippen molar-refractivity contribution >= 4 is 0 Å². The SMILES string of the molecule is C1CC2(C1)CCN(C1CCNC1)CC2. The van der Waals surface area contributed by atoms with Crippen LogP contribution in [0.4, 0.5) is 0 Å². The summed E-state index contributed by atoms with van der Waals surface area (Å²) >= 11 is 0. The Morgan fingerprint density at radius 2 is 1.86 bits per heavy atom. The highest BCUT2D eigenvalue weighted by Crippen LogP contribution is 2.49. The first kappa shape index (κ1) is 9.17. The molecule has 2 nitrogen and oxygen atoms in total. The number of hydrogen-bond acceptors (Lipinski definition) is 2. The fraction of sp³-hybridized carbons (Fsp3) is 1.00. The van der Waals surface area contributed by atoms with Gasteiger partial charge in [-0.05, 0) is 57.2 Å². The monoisotopic (exact) mass is 194 g/mol. The van der Waals surface area contributed by atoms with Crippen molar-refractivity contribution in [3.05, 3.63) is 0 Å². The normalized spacial score (nSPS) is 37.3. The number of nitrogens with zero attached hydrogens (tertiary/aromatic N) is 1. The van der Waals surface area contributed by atoms with Crippen LogP contribution in [0.5, 0.6) is 0 Å². The van der Waals surface area contributed by atoms with Gasteiger partial charge in [0, 0.05) is 12.6 Å². The van der Waals surface area contributed by atoms with E-state index in [-0.39, 0.29) is 0 Å². The molecule has 1 N–H and O–H groups in total. The van der Waals surface area contributed by atoms with E-state index in [4.69, 9.17) is 0 Å². The molecule has 0 bridgehead atoms. The zero-order chi connectivity index (χ0) is 9.43. The maximum absolute atomic E-state index is 3.48. The minimum absolute atomic E-state index is 0.822. The molecule has 1 atom stereocenters. The molecule has 2 aliphatic heterocycles. The lowest BCUT2D eigenvalue weighted by Gasteiger charge is -2.49. The predicted octanol–water partition coefficient (Wildman–Crippen LogP) is 1.61. The Morgan fingerprint density at radius 3 is 2.36 bits per heavy atom. The number of hydrogen-bond donors (Lipinski definition) is 1. The maximum Gasteiger partial charge on any atom is 0.0232 e. The molecule has 0 radical (unpaired) electrons. The molecule has 2 heteroatoms. The average Bonchev–Trinajstić information content (AvgIpc) is 2.68. The van der Waals surface area contributed by atoms with Gasteiger partial charge >= 0.3 is 0 Å². The zero-order valence-electron chi connectivity index (χ0n) is 9.10. The summed E-state index contributed by atoms with van der Waals surface area (Å²) in [6, 6.07) is 0.868. The quantitative estimate of drug-likeness (QED) is 0.682. The van der Waals surface area contributed by atoms with Crippen molar-refractivity contribution in [2.45, 2.75) is 44.6 Å². The third-order valence-electron chi connectivity index (χ3n) is 4.82. The number of likely N-dealkylation sites (tertiary alicyclic amines) is 1. The molecule has 80 valence electrons. The predicted molar refractivity (Wildman–Crippen MR) is 58.4 cm³/mol. The van der Waals surface area contributed by atoms with Gasteiger partial charge in [0.2, 0.25) is 0 Å². The second kappa shape index (κ2) is 3.49. The van der Waals surface area contributed by atoms with Gasteiger partial charge in [-0.25, -0.2) is 0 Å². The fourth-order valence-corrected chi connectivity index (χ4v) is 3.49. The standard InChI is InChI=1S/C12H22N2/c1-3-12(4-1)5-8-14(9-6-12)11-2-7-13-10-11/h11,13H,1-10H2. The van der Waals surface area contributed by atoms with Crippen LogP contribution in [0.15, 0.2) is 0 Å². The molecule has 0 aromatic heterocycles. The molecule has 1 spiro atoms. The van der Waals surface area contributed by atoms with E-state index in [9.17, 15) is 0 Å². The highest BCUT2D eigenvalue weighted by molar-refractivity contribution is 4.94. The summed E-state index contributed by atoms with van der Waals surface area (Å²) in [6.07, 6.45) is 8.93. The molecule has 0 amide bonds. The van der Waals surface area contributed by atoms with Gasteiger partial charge in [-0.1, -0.05) is 6.42 Å². The highest BCUT2D eigenvalue weighted by atomic mass is 15.2. The van der Waals surface area contributed by atoms with Gasteiger partial charge in [0.25, 0.3) is 0 Å². The smallest absolute Gasteiger partial charge is 0.0232 e. The largest absolute Gasteiger partial charge is 0.315 e. The Bertz CT molecular complexity index is 194. The number of nitrogens with one attached hydrogen (secondary N) is 1. The van der Waals surface area contributed by atoms with Crippen LogP contribution in [0.3, 0.4) is 0 Å². The van der Waals surface area contributed by atoms with Crippen LogP contribution in [0.25, 0.3) is 0 Å². The third-order valence-corrected chi connectivity index (χ3v) is 4.82. The van der Waals surface area contributed by atoms with E-state index in [1.807, 2.05) is 0 Å². The van der Waals surface area contributed by atoms with Gasteiger partial charge in [0.1, 0.15) is 0 Å². The molecule has 3 rings (SSSR count). The molecule has 1 aliphatic carbocycles. The summed E-state index contributed by atoms with van der Waals surface area (Å²) in [7, 11) is 0. The first-order chi connectivity index (χ1) is 6.88. The van der Waals surface area contributed by atoms with Crippen molar-refractivity contribution in [2.75, 3.05) is 26.2 Å². The van der Waals surface area contributed by atoms with E-state index in [2.05, 4.69) is 10.2 Å². The Labute approximate surface area is 87.0 Å². The molecule has 14 heavy (non-hydrogen) atoms. The Kier molecular flexibility index (Phi) is 2.29. The summed E-state index contributed by atoms with van der Waals surface area (Å²) in [5.74, 6) is 0. The summed E-state index contributed by atoms with van der Waals surface area (Å²) < 4.78 is 0. The summed E-state index contributed by atoms with van der Waals surface area (Å²) in [4.78, 5) is 2.74. The van der Waals surface area contributed by atoms with E-state index in [0.717, 1.165) is 11.5 Å². The molecule has 1 unspecified atom stereocenters. The topological polar surface area (TPSA) is 15.3 Å². The van der Waals surface area contributed by atoms with E-state index in [0.29, 0.717) is 0 Å². The van der Waals surface area contributed by atoms with Gasteiger partial charge in [-0.15, -0.1) is 0 Å². The lowest BCUT2D eigenvalue weighted by atomic mass is 9.63. The van der Waals surface area contributed by atoms with E-state index in [1.165, 1.54) is 64.7 Å². The lowest BCUT2D eigenvalue weighted by molar-refractivity contribution is 0.0193. The van der Waals surface area contributed by atoms with E-state index in [1.54, 1.807) is 0 Å². The van der Waals surface area contributed by atoms with Crippen molar-refractivity contribution in [3.63, 3.8) is 0 Å². The molecule has 1 saturated carbocycles. The third kappa shape index (κ3) is 1.49. The minimum Gasteiger partial charge on any atom is -0.315 e. The van der Waals surface area contributed by atoms with Crippen LogP contribution in [0.2, 0.25) is 0 Å². The second-order valence-electron chi connectivity index (χ2n) is 5.54. The van der Waals surface area contributed by atoms with Gasteiger partial charge in [0.15, 0.2) is 0 Å². The van der Waals surface area contributed by atoms with Crippen molar-refractivity contribution in [1.82, 2.24) is 10.2 Å². The molecule has 3 aliphatic rings. The molecular weight excluding hydrogens is 172 g/mol. The zero-order valence-corrected chi connectivity index (χ0v) is 9.10. The fourth-order valence-electron chi connectivity index (χ4n) is 3.49. The molecule has 2 heterocycles. The number of rotatable bonds is 1. The number of piperidine rings is 1. The van der Waals surface area contributed by atoms with Crippen LogP contribution in [0.1, 0.15) is 38.5 Å². The molecule has 3 fully saturated rings. The van der Waals surface area contributed by atoms with Crippen LogP contribution in [-0.2, 0) is 0 Å². The lowest BCUT2D eigenvalue weighted by Crippen LogP contribution is -2.48. The average molecular weight is 194 g/mol. The van der Waals surface area contributed by atoms with E-state index >= 15 is 0 Å². The van der Waals surface area contributed by atoms with Crippen LogP contribution < -0.4 is 5.32 Å². The Balaban J connectivity index is 1.54. The maximum atomic E-state index is 3.48. The highest BCUT2D eigenvalue weighted by Gasteiger charge is 2.40. The molecule has 2 saturated heterocycles.